The van der Waals surface area contributed by atoms with E-state index in [9.17, 15) is 4.79 Å². The summed E-state index contributed by atoms with van der Waals surface area (Å²) in [6.45, 7) is 5.94. The van der Waals surface area contributed by atoms with Crippen molar-refractivity contribution in [3.63, 3.8) is 0 Å². The van der Waals surface area contributed by atoms with Gasteiger partial charge in [0.15, 0.2) is 0 Å². The molecule has 2 fully saturated rings. The predicted molar refractivity (Wildman–Crippen MR) is 69.1 cm³/mol. The molecule has 2 aliphatic heterocycles. The van der Waals surface area contributed by atoms with E-state index in [1.165, 1.54) is 0 Å². The molecule has 2 rings (SSSR count). The number of ether oxygens (including phenoxy) is 1. The first kappa shape index (κ1) is 13.7. The summed E-state index contributed by atoms with van der Waals surface area (Å²) in [5.41, 5.74) is 3.19. The Morgan fingerprint density at radius 1 is 1.22 bits per heavy atom. The van der Waals surface area contributed by atoms with Crippen molar-refractivity contribution in [1.29, 1.82) is 0 Å². The molecule has 2 heterocycles. The SMILES string of the molecule is CN1CCN(NCC(=O)NC2CCOCC2)CC1. The first-order valence-electron chi connectivity index (χ1n) is 6.78. The Bertz CT molecular complexity index is 261. The van der Waals surface area contributed by atoms with Gasteiger partial charge in [-0.05, 0) is 19.9 Å². The summed E-state index contributed by atoms with van der Waals surface area (Å²) >= 11 is 0. The van der Waals surface area contributed by atoms with Crippen LogP contribution in [0.4, 0.5) is 0 Å². The normalized spacial score (nSPS) is 24.1. The fraction of sp³-hybridized carbons (Fsp3) is 0.917. The molecule has 1 amide bonds. The molecule has 2 aliphatic rings. The monoisotopic (exact) mass is 256 g/mol. The van der Waals surface area contributed by atoms with Crippen LogP contribution in [0.3, 0.4) is 0 Å². The molecule has 0 atom stereocenters. The van der Waals surface area contributed by atoms with Gasteiger partial charge < -0.3 is 15.0 Å². The second kappa shape index (κ2) is 7.04. The Balaban J connectivity index is 1.59. The molecule has 0 spiro atoms. The lowest BCUT2D eigenvalue weighted by atomic mass is 10.1. The Hall–Kier alpha value is -0.690. The molecule has 6 heteroatoms. The lowest BCUT2D eigenvalue weighted by Crippen LogP contribution is -2.53. The van der Waals surface area contributed by atoms with E-state index < -0.39 is 0 Å². The van der Waals surface area contributed by atoms with Crippen LogP contribution in [0.15, 0.2) is 0 Å². The zero-order chi connectivity index (χ0) is 12.8. The van der Waals surface area contributed by atoms with Gasteiger partial charge in [-0.2, -0.15) is 0 Å². The summed E-state index contributed by atoms with van der Waals surface area (Å²) < 4.78 is 5.27. The Morgan fingerprint density at radius 3 is 2.56 bits per heavy atom. The number of carbonyl (C=O) groups is 1. The van der Waals surface area contributed by atoms with Crippen LogP contribution in [0.2, 0.25) is 0 Å². The lowest BCUT2D eigenvalue weighted by molar-refractivity contribution is -0.122. The standard InChI is InChI=1S/C12H24N4O2/c1-15-4-6-16(7-5-15)13-10-12(17)14-11-2-8-18-9-3-11/h11,13H,2-10H2,1H3,(H,14,17). The number of nitrogens with zero attached hydrogens (tertiary/aromatic N) is 2. The molecule has 0 unspecified atom stereocenters. The van der Waals surface area contributed by atoms with E-state index in [4.69, 9.17) is 4.74 Å². The minimum absolute atomic E-state index is 0.0841. The summed E-state index contributed by atoms with van der Waals surface area (Å²) in [7, 11) is 2.12. The van der Waals surface area contributed by atoms with Crippen molar-refractivity contribution in [1.82, 2.24) is 20.7 Å². The summed E-state index contributed by atoms with van der Waals surface area (Å²) in [4.78, 5) is 14.1. The van der Waals surface area contributed by atoms with Crippen LogP contribution in [0.1, 0.15) is 12.8 Å². The van der Waals surface area contributed by atoms with Crippen LogP contribution in [0, 0.1) is 0 Å². The van der Waals surface area contributed by atoms with Gasteiger partial charge in [-0.15, -0.1) is 0 Å². The molecular formula is C12H24N4O2. The molecule has 2 N–H and O–H groups in total. The van der Waals surface area contributed by atoms with Crippen molar-refractivity contribution in [3.05, 3.63) is 0 Å². The second-order valence-electron chi connectivity index (χ2n) is 5.08. The smallest absolute Gasteiger partial charge is 0.235 e. The third kappa shape index (κ3) is 4.53. The van der Waals surface area contributed by atoms with Gasteiger partial charge in [0.25, 0.3) is 0 Å². The highest BCUT2D eigenvalue weighted by molar-refractivity contribution is 5.78. The van der Waals surface area contributed by atoms with Gasteiger partial charge in [0.2, 0.25) is 5.91 Å². The summed E-state index contributed by atoms with van der Waals surface area (Å²) in [5.74, 6) is 0.0841. The van der Waals surface area contributed by atoms with Gasteiger partial charge in [-0.3, -0.25) is 4.79 Å². The number of amides is 1. The van der Waals surface area contributed by atoms with Gasteiger partial charge in [0.05, 0.1) is 6.54 Å². The average Bonchev–Trinajstić information content (AvgIpc) is 2.39. The average molecular weight is 256 g/mol. The van der Waals surface area contributed by atoms with Crippen molar-refractivity contribution < 1.29 is 9.53 Å². The van der Waals surface area contributed by atoms with Gasteiger partial charge >= 0.3 is 0 Å². The van der Waals surface area contributed by atoms with Crippen molar-refractivity contribution in [3.8, 4) is 0 Å². The van der Waals surface area contributed by atoms with E-state index in [2.05, 4.69) is 27.7 Å². The number of nitrogens with one attached hydrogen (secondary N) is 2. The molecule has 2 saturated heterocycles. The molecule has 0 saturated carbocycles. The van der Waals surface area contributed by atoms with Gasteiger partial charge in [-0.1, -0.05) is 0 Å². The molecule has 0 aromatic heterocycles. The molecule has 18 heavy (non-hydrogen) atoms. The number of likely N-dealkylation sites (N-methyl/N-ethyl adjacent to an activating group) is 1. The Labute approximate surface area is 109 Å². The molecule has 104 valence electrons. The molecule has 6 nitrogen and oxygen atoms in total. The van der Waals surface area contributed by atoms with Crippen LogP contribution < -0.4 is 10.7 Å². The fourth-order valence-corrected chi connectivity index (χ4v) is 2.27. The molecule has 0 aromatic rings. The van der Waals surface area contributed by atoms with E-state index in [-0.39, 0.29) is 5.91 Å². The minimum atomic E-state index is 0.0841. The summed E-state index contributed by atoms with van der Waals surface area (Å²) in [6, 6.07) is 0.292. The number of carbonyl (C=O) groups excluding carboxylic acids is 1. The zero-order valence-electron chi connectivity index (χ0n) is 11.2. The predicted octanol–water partition coefficient (Wildman–Crippen LogP) is -0.966. The van der Waals surface area contributed by atoms with E-state index >= 15 is 0 Å². The summed E-state index contributed by atoms with van der Waals surface area (Å²) in [5, 5.41) is 5.18. The van der Waals surface area contributed by atoms with Crippen LogP contribution in [-0.4, -0.2) is 74.8 Å². The van der Waals surface area contributed by atoms with Crippen molar-refractivity contribution in [2.75, 3.05) is 53.0 Å². The maximum Gasteiger partial charge on any atom is 0.235 e. The zero-order valence-corrected chi connectivity index (χ0v) is 11.2. The summed E-state index contributed by atoms with van der Waals surface area (Å²) in [6.07, 6.45) is 1.86. The highest BCUT2D eigenvalue weighted by atomic mass is 16.5. The number of piperazine rings is 1. The Morgan fingerprint density at radius 2 is 1.89 bits per heavy atom. The number of hydrogen-bond donors (Lipinski definition) is 2. The van der Waals surface area contributed by atoms with Crippen LogP contribution >= 0.6 is 0 Å². The minimum Gasteiger partial charge on any atom is -0.381 e. The maximum atomic E-state index is 11.8. The van der Waals surface area contributed by atoms with Crippen LogP contribution in [0.25, 0.3) is 0 Å². The third-order valence-corrected chi connectivity index (χ3v) is 3.55. The van der Waals surface area contributed by atoms with Gasteiger partial charge in [0, 0.05) is 45.4 Å². The second-order valence-corrected chi connectivity index (χ2v) is 5.08. The van der Waals surface area contributed by atoms with Crippen molar-refractivity contribution >= 4 is 5.91 Å². The molecule has 0 aliphatic carbocycles. The van der Waals surface area contributed by atoms with E-state index in [0.717, 1.165) is 52.2 Å². The molecule has 0 radical (unpaired) electrons. The Kier molecular flexibility index (Phi) is 5.37. The highest BCUT2D eigenvalue weighted by Crippen LogP contribution is 2.05. The topological polar surface area (TPSA) is 56.8 Å². The van der Waals surface area contributed by atoms with Crippen molar-refractivity contribution in [2.45, 2.75) is 18.9 Å². The number of rotatable bonds is 4. The third-order valence-electron chi connectivity index (χ3n) is 3.55. The van der Waals surface area contributed by atoms with Gasteiger partial charge in [0.1, 0.15) is 0 Å². The van der Waals surface area contributed by atoms with Crippen molar-refractivity contribution in [2.24, 2.45) is 0 Å². The molecule has 0 aromatic carbocycles. The van der Waals surface area contributed by atoms with E-state index in [1.54, 1.807) is 0 Å². The highest BCUT2D eigenvalue weighted by Gasteiger charge is 2.17. The van der Waals surface area contributed by atoms with Crippen LogP contribution in [0.5, 0.6) is 0 Å². The van der Waals surface area contributed by atoms with E-state index in [1.807, 2.05) is 0 Å². The first-order chi connectivity index (χ1) is 8.74. The molecular weight excluding hydrogens is 232 g/mol. The van der Waals surface area contributed by atoms with Crippen LogP contribution in [-0.2, 0) is 9.53 Å². The molecule has 0 bridgehead atoms. The van der Waals surface area contributed by atoms with Gasteiger partial charge in [-0.25, -0.2) is 10.4 Å². The quantitative estimate of drug-likeness (QED) is 0.678. The van der Waals surface area contributed by atoms with E-state index in [0.29, 0.717) is 12.6 Å². The lowest BCUT2D eigenvalue weighted by Gasteiger charge is -2.32. The number of hydrazine groups is 1. The number of hydrogen-bond acceptors (Lipinski definition) is 5. The fourth-order valence-electron chi connectivity index (χ4n) is 2.27. The first-order valence-corrected chi connectivity index (χ1v) is 6.78. The maximum absolute atomic E-state index is 11.8. The largest absolute Gasteiger partial charge is 0.381 e.